The van der Waals surface area contributed by atoms with Gasteiger partial charge in [-0.05, 0) is 24.1 Å². The van der Waals surface area contributed by atoms with Gasteiger partial charge in [0.2, 0.25) is 0 Å². The predicted molar refractivity (Wildman–Crippen MR) is 77.9 cm³/mol. The average molecular weight is 267 g/mol. The Morgan fingerprint density at radius 3 is 2.60 bits per heavy atom. The molecule has 0 aliphatic carbocycles. The summed E-state index contributed by atoms with van der Waals surface area (Å²) in [6, 6.07) is 10.4. The summed E-state index contributed by atoms with van der Waals surface area (Å²) >= 11 is 0. The quantitative estimate of drug-likeness (QED) is 0.665. The third kappa shape index (κ3) is 2.95. The van der Waals surface area contributed by atoms with E-state index in [1.54, 1.807) is 6.20 Å². The molecule has 0 atom stereocenters. The van der Waals surface area contributed by atoms with Gasteiger partial charge in [-0.3, -0.25) is 5.10 Å². The molecule has 3 N–H and O–H groups in total. The largest absolute Gasteiger partial charge is 0.345 e. The van der Waals surface area contributed by atoms with E-state index in [0.29, 0.717) is 0 Å². The van der Waals surface area contributed by atoms with Crippen molar-refractivity contribution in [3.8, 4) is 11.3 Å². The molecule has 0 aliphatic heterocycles. The molecule has 2 aromatic heterocycles. The number of nitrogens with one attached hydrogen (secondary N) is 3. The summed E-state index contributed by atoms with van der Waals surface area (Å²) in [5.74, 6) is 0.950. The standard InChI is InChI=1S/C15H17N5/c1-11-17-10-14(19-11)9-16-8-12-2-4-13(5-3-12)15-6-7-18-20-15/h2-7,10,16H,8-9H2,1H3,(H,17,19)(H,18,20). The van der Waals surface area contributed by atoms with Crippen LogP contribution in [0.15, 0.2) is 42.7 Å². The van der Waals surface area contributed by atoms with E-state index in [0.717, 1.165) is 35.9 Å². The fourth-order valence-corrected chi connectivity index (χ4v) is 2.12. The van der Waals surface area contributed by atoms with Gasteiger partial charge in [-0.25, -0.2) is 4.98 Å². The molecular weight excluding hydrogens is 250 g/mol. The minimum atomic E-state index is 0.795. The van der Waals surface area contributed by atoms with Gasteiger partial charge in [-0.15, -0.1) is 0 Å². The molecule has 0 bridgehead atoms. The lowest BCUT2D eigenvalue weighted by Gasteiger charge is -2.04. The van der Waals surface area contributed by atoms with Crippen molar-refractivity contribution >= 4 is 0 Å². The molecule has 0 saturated heterocycles. The van der Waals surface area contributed by atoms with Gasteiger partial charge in [-0.2, -0.15) is 5.10 Å². The van der Waals surface area contributed by atoms with Gasteiger partial charge in [-0.1, -0.05) is 24.3 Å². The maximum absolute atomic E-state index is 4.18. The van der Waals surface area contributed by atoms with Gasteiger partial charge in [0.1, 0.15) is 5.82 Å². The molecule has 0 fully saturated rings. The summed E-state index contributed by atoms with van der Waals surface area (Å²) < 4.78 is 0. The highest BCUT2D eigenvalue weighted by Crippen LogP contribution is 2.16. The lowest BCUT2D eigenvalue weighted by molar-refractivity contribution is 0.681. The van der Waals surface area contributed by atoms with Crippen molar-refractivity contribution in [3.05, 3.63) is 59.8 Å². The smallest absolute Gasteiger partial charge is 0.103 e. The first-order valence-corrected chi connectivity index (χ1v) is 6.61. The molecule has 0 spiro atoms. The number of hydrogen-bond donors (Lipinski definition) is 3. The summed E-state index contributed by atoms with van der Waals surface area (Å²) in [5.41, 5.74) is 4.55. The molecule has 0 saturated carbocycles. The molecule has 20 heavy (non-hydrogen) atoms. The zero-order valence-corrected chi connectivity index (χ0v) is 11.4. The van der Waals surface area contributed by atoms with Crippen LogP contribution in [0, 0.1) is 6.92 Å². The molecule has 1 aromatic carbocycles. The molecule has 5 nitrogen and oxygen atoms in total. The van der Waals surface area contributed by atoms with E-state index < -0.39 is 0 Å². The first kappa shape index (κ1) is 12.6. The molecule has 0 amide bonds. The Labute approximate surface area is 117 Å². The Morgan fingerprint density at radius 2 is 1.95 bits per heavy atom. The van der Waals surface area contributed by atoms with Gasteiger partial charge >= 0.3 is 0 Å². The van der Waals surface area contributed by atoms with E-state index in [2.05, 4.69) is 49.7 Å². The molecule has 0 unspecified atom stereocenters. The van der Waals surface area contributed by atoms with Gasteiger partial charge < -0.3 is 10.3 Å². The maximum Gasteiger partial charge on any atom is 0.103 e. The Hall–Kier alpha value is -2.40. The fourth-order valence-electron chi connectivity index (χ4n) is 2.12. The van der Waals surface area contributed by atoms with E-state index >= 15 is 0 Å². The van der Waals surface area contributed by atoms with Crippen LogP contribution in [0.2, 0.25) is 0 Å². The van der Waals surface area contributed by atoms with Gasteiger partial charge in [0.15, 0.2) is 0 Å². The Bertz CT molecular complexity index is 652. The van der Waals surface area contributed by atoms with E-state index in [-0.39, 0.29) is 0 Å². The van der Waals surface area contributed by atoms with Crippen LogP contribution in [0.25, 0.3) is 11.3 Å². The van der Waals surface area contributed by atoms with Crippen LogP contribution >= 0.6 is 0 Å². The molecule has 3 aromatic rings. The highest BCUT2D eigenvalue weighted by atomic mass is 15.1. The first-order chi connectivity index (χ1) is 9.81. The lowest BCUT2D eigenvalue weighted by atomic mass is 10.1. The highest BCUT2D eigenvalue weighted by Gasteiger charge is 2.00. The van der Waals surface area contributed by atoms with Gasteiger partial charge in [0.05, 0.1) is 5.69 Å². The van der Waals surface area contributed by atoms with Crippen molar-refractivity contribution in [2.75, 3.05) is 0 Å². The van der Waals surface area contributed by atoms with E-state index in [9.17, 15) is 0 Å². The Balaban J connectivity index is 1.56. The number of imidazole rings is 1. The van der Waals surface area contributed by atoms with Crippen molar-refractivity contribution in [2.45, 2.75) is 20.0 Å². The molecule has 5 heteroatoms. The number of aromatic nitrogens is 4. The predicted octanol–water partition coefficient (Wildman–Crippen LogP) is 2.40. The summed E-state index contributed by atoms with van der Waals surface area (Å²) in [6.07, 6.45) is 3.63. The summed E-state index contributed by atoms with van der Waals surface area (Å²) in [5, 5.41) is 10.3. The highest BCUT2D eigenvalue weighted by molar-refractivity contribution is 5.58. The second-order valence-corrected chi connectivity index (χ2v) is 4.76. The van der Waals surface area contributed by atoms with Gasteiger partial charge in [0.25, 0.3) is 0 Å². The van der Waals surface area contributed by atoms with Crippen molar-refractivity contribution in [3.63, 3.8) is 0 Å². The van der Waals surface area contributed by atoms with Crippen LogP contribution in [0.1, 0.15) is 17.1 Å². The monoisotopic (exact) mass is 267 g/mol. The lowest BCUT2D eigenvalue weighted by Crippen LogP contribution is -2.12. The Kier molecular flexibility index (Phi) is 3.60. The van der Waals surface area contributed by atoms with E-state index in [1.165, 1.54) is 5.56 Å². The number of benzene rings is 1. The normalized spacial score (nSPS) is 10.8. The van der Waals surface area contributed by atoms with Gasteiger partial charge in [0, 0.05) is 31.2 Å². The van der Waals surface area contributed by atoms with Crippen LogP contribution in [0.4, 0.5) is 0 Å². The third-order valence-corrected chi connectivity index (χ3v) is 3.17. The SMILES string of the molecule is Cc1ncc(CNCc2ccc(-c3ccn[nH]3)cc2)[nH]1. The summed E-state index contributed by atoms with van der Waals surface area (Å²) in [7, 11) is 0. The zero-order valence-electron chi connectivity index (χ0n) is 11.4. The van der Waals surface area contributed by atoms with Crippen LogP contribution in [-0.4, -0.2) is 20.2 Å². The molecule has 0 aliphatic rings. The van der Waals surface area contributed by atoms with Crippen molar-refractivity contribution in [1.82, 2.24) is 25.5 Å². The molecule has 3 rings (SSSR count). The maximum atomic E-state index is 4.18. The van der Waals surface area contributed by atoms with Crippen LogP contribution in [0.5, 0.6) is 0 Å². The minimum Gasteiger partial charge on any atom is -0.345 e. The van der Waals surface area contributed by atoms with Crippen molar-refractivity contribution in [1.29, 1.82) is 0 Å². The minimum absolute atomic E-state index is 0.795. The fraction of sp³-hybridized carbons (Fsp3) is 0.200. The third-order valence-electron chi connectivity index (χ3n) is 3.17. The first-order valence-electron chi connectivity index (χ1n) is 6.61. The second kappa shape index (κ2) is 5.71. The average Bonchev–Trinajstić information content (AvgIpc) is 3.11. The molecule has 0 radical (unpaired) electrons. The molecular formula is C15H17N5. The number of H-pyrrole nitrogens is 2. The summed E-state index contributed by atoms with van der Waals surface area (Å²) in [4.78, 5) is 7.38. The van der Waals surface area contributed by atoms with Crippen molar-refractivity contribution in [2.24, 2.45) is 0 Å². The van der Waals surface area contributed by atoms with E-state index in [1.807, 2.05) is 19.2 Å². The Morgan fingerprint density at radius 1 is 1.10 bits per heavy atom. The molecule has 2 heterocycles. The van der Waals surface area contributed by atoms with Crippen LogP contribution < -0.4 is 5.32 Å². The number of aromatic amines is 2. The van der Waals surface area contributed by atoms with Crippen molar-refractivity contribution < 1.29 is 0 Å². The van der Waals surface area contributed by atoms with Crippen LogP contribution in [0.3, 0.4) is 0 Å². The number of rotatable bonds is 5. The second-order valence-electron chi connectivity index (χ2n) is 4.76. The number of aryl methyl sites for hydroxylation is 1. The zero-order chi connectivity index (χ0) is 13.8. The molecule has 102 valence electrons. The topological polar surface area (TPSA) is 69.4 Å². The van der Waals surface area contributed by atoms with E-state index in [4.69, 9.17) is 0 Å². The number of hydrogen-bond acceptors (Lipinski definition) is 3. The summed E-state index contributed by atoms with van der Waals surface area (Å²) in [6.45, 7) is 3.59. The number of nitrogens with zero attached hydrogens (tertiary/aromatic N) is 2. The van der Waals surface area contributed by atoms with Crippen LogP contribution in [-0.2, 0) is 13.1 Å².